The van der Waals surface area contributed by atoms with Crippen LogP contribution < -0.4 is 5.32 Å². The molecule has 3 nitrogen and oxygen atoms in total. The summed E-state index contributed by atoms with van der Waals surface area (Å²) in [7, 11) is 1.68. The van der Waals surface area contributed by atoms with E-state index in [1.165, 1.54) is 4.90 Å². The lowest BCUT2D eigenvalue weighted by Gasteiger charge is -2.23. The Kier molecular flexibility index (Phi) is 1.49. The minimum Gasteiger partial charge on any atom is -0.312 e. The molecule has 2 amide bonds. The van der Waals surface area contributed by atoms with Gasteiger partial charge >= 0.3 is 6.03 Å². The summed E-state index contributed by atoms with van der Waals surface area (Å²) >= 11 is 0. The Morgan fingerprint density at radius 3 is 2.80 bits per heavy atom. The van der Waals surface area contributed by atoms with Gasteiger partial charge in [0.25, 0.3) is 0 Å². The third kappa shape index (κ3) is 1.03. The Morgan fingerprint density at radius 1 is 1.70 bits per heavy atom. The van der Waals surface area contributed by atoms with Gasteiger partial charge in [-0.1, -0.05) is 6.58 Å². The minimum atomic E-state index is -0.120. The fourth-order valence-corrected chi connectivity index (χ4v) is 0.766. The van der Waals surface area contributed by atoms with Crippen LogP contribution in [-0.4, -0.2) is 18.0 Å². The average Bonchev–Trinajstić information content (AvgIpc) is 1.82. The van der Waals surface area contributed by atoms with Crippen LogP contribution in [0.4, 0.5) is 4.79 Å². The van der Waals surface area contributed by atoms with Gasteiger partial charge in [0, 0.05) is 18.4 Å². The van der Waals surface area contributed by atoms with E-state index in [1.807, 2.05) is 13.0 Å². The number of rotatable bonds is 0. The quantitative estimate of drug-likeness (QED) is 0.533. The second-order valence-electron chi connectivity index (χ2n) is 2.31. The fourth-order valence-electron chi connectivity index (χ4n) is 0.766. The molecule has 1 N–H and O–H groups in total. The zero-order valence-corrected chi connectivity index (χ0v) is 6.14. The molecule has 0 saturated carbocycles. The summed E-state index contributed by atoms with van der Waals surface area (Å²) in [5.41, 5.74) is 1.56. The van der Waals surface area contributed by atoms with Crippen LogP contribution in [0.5, 0.6) is 0 Å². The third-order valence-corrected chi connectivity index (χ3v) is 1.42. The topological polar surface area (TPSA) is 32.3 Å². The van der Waals surface area contributed by atoms with Crippen LogP contribution in [0, 0.1) is 0 Å². The number of likely N-dealkylation sites (N-methyl/N-ethyl adjacent to an activating group) is 1. The highest BCUT2D eigenvalue weighted by Gasteiger charge is 2.14. The molecule has 54 valence electrons. The predicted molar refractivity (Wildman–Crippen MR) is 39.2 cm³/mol. The van der Waals surface area contributed by atoms with E-state index >= 15 is 0 Å². The lowest BCUT2D eigenvalue weighted by Crippen LogP contribution is -2.38. The molecule has 1 aliphatic rings. The van der Waals surface area contributed by atoms with Gasteiger partial charge in [-0.3, -0.25) is 4.90 Å². The van der Waals surface area contributed by atoms with Crippen molar-refractivity contribution >= 4 is 6.03 Å². The van der Waals surface area contributed by atoms with E-state index < -0.39 is 0 Å². The van der Waals surface area contributed by atoms with E-state index in [0.29, 0.717) is 0 Å². The van der Waals surface area contributed by atoms with Gasteiger partial charge in [-0.15, -0.1) is 0 Å². The van der Waals surface area contributed by atoms with Crippen LogP contribution in [0.2, 0.25) is 0 Å². The summed E-state index contributed by atoms with van der Waals surface area (Å²) in [6.07, 6.45) is 1.82. The van der Waals surface area contributed by atoms with Crippen molar-refractivity contribution in [1.82, 2.24) is 10.2 Å². The molecule has 3 heteroatoms. The summed E-state index contributed by atoms with van der Waals surface area (Å²) in [5, 5.41) is 2.65. The maximum atomic E-state index is 10.9. The smallest absolute Gasteiger partial charge is 0.312 e. The maximum Gasteiger partial charge on any atom is 0.325 e. The largest absolute Gasteiger partial charge is 0.325 e. The van der Waals surface area contributed by atoms with Gasteiger partial charge in [0.2, 0.25) is 0 Å². The average molecular weight is 138 g/mol. The molecule has 0 aromatic carbocycles. The highest BCUT2D eigenvalue weighted by Crippen LogP contribution is 2.08. The number of hydrogen-bond donors (Lipinski definition) is 1. The molecule has 1 heterocycles. The molecule has 0 unspecified atom stereocenters. The summed E-state index contributed by atoms with van der Waals surface area (Å²) in [4.78, 5) is 12.4. The van der Waals surface area contributed by atoms with E-state index in [0.717, 1.165) is 11.4 Å². The van der Waals surface area contributed by atoms with Crippen molar-refractivity contribution in [1.29, 1.82) is 0 Å². The number of amides is 2. The van der Waals surface area contributed by atoms with E-state index in [4.69, 9.17) is 0 Å². The van der Waals surface area contributed by atoms with Gasteiger partial charge in [0.1, 0.15) is 0 Å². The van der Waals surface area contributed by atoms with Gasteiger partial charge < -0.3 is 5.32 Å². The maximum absolute atomic E-state index is 10.9. The molecular formula is C7H10N2O. The molecule has 1 rings (SSSR count). The Balaban J connectivity index is 2.89. The van der Waals surface area contributed by atoms with Gasteiger partial charge in [-0.2, -0.15) is 0 Å². The fraction of sp³-hybridized carbons (Fsp3) is 0.286. The van der Waals surface area contributed by atoms with E-state index in [1.54, 1.807) is 7.05 Å². The molecule has 10 heavy (non-hydrogen) atoms. The second-order valence-corrected chi connectivity index (χ2v) is 2.31. The standard InChI is InChI=1S/C7H10N2O/c1-5-4-6(2)9(3)7(10)8-5/h4H,2H2,1,3H3,(H,8,10). The van der Waals surface area contributed by atoms with Gasteiger partial charge in [-0.05, 0) is 13.0 Å². The lowest BCUT2D eigenvalue weighted by molar-refractivity contribution is 0.221. The molecule has 0 aromatic heterocycles. The Hall–Kier alpha value is -1.25. The zero-order chi connectivity index (χ0) is 7.72. The Bertz CT molecular complexity index is 218. The molecule has 0 bridgehead atoms. The van der Waals surface area contributed by atoms with Gasteiger partial charge in [0.05, 0.1) is 0 Å². The second kappa shape index (κ2) is 2.17. The van der Waals surface area contributed by atoms with Crippen LogP contribution in [0.1, 0.15) is 6.92 Å². The van der Waals surface area contributed by atoms with Crippen LogP contribution >= 0.6 is 0 Å². The SMILES string of the molecule is C=C1C=C(C)NC(=O)N1C. The van der Waals surface area contributed by atoms with Crippen LogP contribution in [0.3, 0.4) is 0 Å². The first-order valence-electron chi connectivity index (χ1n) is 3.03. The van der Waals surface area contributed by atoms with Crippen molar-refractivity contribution in [3.05, 3.63) is 24.0 Å². The highest BCUT2D eigenvalue weighted by atomic mass is 16.2. The molecule has 0 fully saturated rings. The first-order chi connectivity index (χ1) is 4.61. The van der Waals surface area contributed by atoms with E-state index in [9.17, 15) is 4.79 Å². The number of carbonyl (C=O) groups excluding carboxylic acids is 1. The van der Waals surface area contributed by atoms with Crippen molar-refractivity contribution < 1.29 is 4.79 Å². The summed E-state index contributed by atoms with van der Waals surface area (Å²) < 4.78 is 0. The molecule has 0 aliphatic carbocycles. The summed E-state index contributed by atoms with van der Waals surface area (Å²) in [6.45, 7) is 5.51. The van der Waals surface area contributed by atoms with Crippen LogP contribution in [0.25, 0.3) is 0 Å². The molecule has 0 atom stereocenters. The molecular weight excluding hydrogens is 128 g/mol. The van der Waals surface area contributed by atoms with Crippen molar-refractivity contribution in [2.24, 2.45) is 0 Å². The van der Waals surface area contributed by atoms with E-state index in [2.05, 4.69) is 11.9 Å². The number of hydrogen-bond acceptors (Lipinski definition) is 1. The van der Waals surface area contributed by atoms with Gasteiger partial charge in [0.15, 0.2) is 0 Å². The molecule has 0 saturated heterocycles. The molecule has 0 spiro atoms. The van der Waals surface area contributed by atoms with Crippen LogP contribution in [0.15, 0.2) is 24.0 Å². The van der Waals surface area contributed by atoms with Gasteiger partial charge in [-0.25, -0.2) is 4.79 Å². The predicted octanol–water partition coefficient (Wildman–Crippen LogP) is 1.06. The number of carbonyl (C=O) groups is 1. The van der Waals surface area contributed by atoms with E-state index in [-0.39, 0.29) is 6.03 Å². The Labute approximate surface area is 60.0 Å². The monoisotopic (exact) mass is 138 g/mol. The molecule has 1 aliphatic heterocycles. The van der Waals surface area contributed by atoms with Crippen molar-refractivity contribution in [2.45, 2.75) is 6.92 Å². The first-order valence-corrected chi connectivity index (χ1v) is 3.03. The third-order valence-electron chi connectivity index (χ3n) is 1.42. The normalized spacial score (nSPS) is 18.6. The highest BCUT2D eigenvalue weighted by molar-refractivity contribution is 5.79. The van der Waals surface area contributed by atoms with Crippen molar-refractivity contribution in [3.8, 4) is 0 Å². The van der Waals surface area contributed by atoms with Crippen molar-refractivity contribution in [3.63, 3.8) is 0 Å². The number of urea groups is 1. The zero-order valence-electron chi connectivity index (χ0n) is 6.14. The number of allylic oxidation sites excluding steroid dienone is 2. The molecule has 0 radical (unpaired) electrons. The lowest BCUT2D eigenvalue weighted by atomic mass is 10.3. The van der Waals surface area contributed by atoms with Crippen molar-refractivity contribution in [2.75, 3.05) is 7.05 Å². The minimum absolute atomic E-state index is 0.120. The summed E-state index contributed by atoms with van der Waals surface area (Å²) in [6, 6.07) is -0.120. The number of nitrogens with zero attached hydrogens (tertiary/aromatic N) is 1. The van der Waals surface area contributed by atoms with Crippen LogP contribution in [-0.2, 0) is 0 Å². The Morgan fingerprint density at radius 2 is 2.30 bits per heavy atom. The summed E-state index contributed by atoms with van der Waals surface area (Å²) in [5.74, 6) is 0. The molecule has 0 aromatic rings. The number of nitrogens with one attached hydrogen (secondary N) is 1. The first kappa shape index (κ1) is 6.86.